The van der Waals surface area contributed by atoms with Crippen LogP contribution in [0.5, 0.6) is 0 Å². The van der Waals surface area contributed by atoms with Gasteiger partial charge in [0.1, 0.15) is 0 Å². The number of anilines is 2. The van der Waals surface area contributed by atoms with Crippen LogP contribution in [0.4, 0.5) is 16.2 Å². The van der Waals surface area contributed by atoms with Crippen LogP contribution in [0.3, 0.4) is 0 Å². The van der Waals surface area contributed by atoms with Gasteiger partial charge in [0, 0.05) is 30.5 Å². The number of rotatable bonds is 8. The van der Waals surface area contributed by atoms with Gasteiger partial charge in [-0.25, -0.2) is 4.79 Å². The van der Waals surface area contributed by atoms with Gasteiger partial charge in [-0.1, -0.05) is 23.7 Å². The quantitative estimate of drug-likeness (QED) is 0.570. The third kappa shape index (κ3) is 7.34. The van der Waals surface area contributed by atoms with Crippen LogP contribution in [-0.4, -0.2) is 38.6 Å². The Morgan fingerprint density at radius 3 is 2.24 bits per heavy atom. The van der Waals surface area contributed by atoms with E-state index in [1.165, 1.54) is 0 Å². The van der Waals surface area contributed by atoms with Crippen LogP contribution in [0.15, 0.2) is 48.5 Å². The molecule has 2 aromatic carbocycles. The highest BCUT2D eigenvalue weighted by Crippen LogP contribution is 2.20. The lowest BCUT2D eigenvalue weighted by Gasteiger charge is -2.17. The van der Waals surface area contributed by atoms with E-state index in [0.29, 0.717) is 16.3 Å². The second-order valence-electron chi connectivity index (χ2n) is 6.47. The van der Waals surface area contributed by atoms with Gasteiger partial charge >= 0.3 is 12.0 Å². The number of carbonyl (C=O) groups is 3. The van der Waals surface area contributed by atoms with E-state index in [9.17, 15) is 14.4 Å². The average molecular weight is 419 g/mol. The molecule has 0 saturated carbocycles. The lowest BCUT2D eigenvalue weighted by molar-refractivity contribution is -0.147. The number of primary amides is 1. The molecule has 0 fully saturated rings. The largest absolute Gasteiger partial charge is 0.455 e. The SMILES string of the molecule is CN(C)c1ccc(NC(=O)COC(=O)C[C@@H](NC(N)=O)c2ccc(Cl)cc2)cc1. The molecule has 0 aliphatic carbocycles. The Balaban J connectivity index is 1.88. The van der Waals surface area contributed by atoms with Crippen molar-refractivity contribution in [2.45, 2.75) is 12.5 Å². The van der Waals surface area contributed by atoms with E-state index in [2.05, 4.69) is 10.6 Å². The number of esters is 1. The average Bonchev–Trinajstić information content (AvgIpc) is 2.66. The third-order valence-electron chi connectivity index (χ3n) is 3.99. The van der Waals surface area contributed by atoms with Crippen LogP contribution in [-0.2, 0) is 14.3 Å². The molecule has 0 aliphatic rings. The van der Waals surface area contributed by atoms with Gasteiger partial charge in [0.15, 0.2) is 6.61 Å². The fourth-order valence-electron chi connectivity index (χ4n) is 2.53. The molecule has 2 aromatic rings. The summed E-state index contributed by atoms with van der Waals surface area (Å²) in [6, 6.07) is 12.3. The zero-order chi connectivity index (χ0) is 21.4. The Morgan fingerprint density at radius 1 is 1.07 bits per heavy atom. The lowest BCUT2D eigenvalue weighted by Crippen LogP contribution is -2.35. The van der Waals surface area contributed by atoms with Gasteiger partial charge in [-0.15, -0.1) is 0 Å². The van der Waals surface area contributed by atoms with Gasteiger partial charge in [0.05, 0.1) is 12.5 Å². The van der Waals surface area contributed by atoms with Crippen molar-refractivity contribution in [3.05, 3.63) is 59.1 Å². The molecule has 0 heterocycles. The number of amides is 3. The van der Waals surface area contributed by atoms with Crippen LogP contribution in [0.25, 0.3) is 0 Å². The van der Waals surface area contributed by atoms with Crippen LogP contribution in [0, 0.1) is 0 Å². The Bertz CT molecular complexity index is 854. The molecule has 29 heavy (non-hydrogen) atoms. The minimum atomic E-state index is -0.781. The summed E-state index contributed by atoms with van der Waals surface area (Å²) >= 11 is 5.85. The topological polar surface area (TPSA) is 114 Å². The summed E-state index contributed by atoms with van der Waals surface area (Å²) in [6.07, 6.45) is -0.185. The molecule has 0 radical (unpaired) electrons. The molecule has 0 bridgehead atoms. The molecule has 4 N–H and O–H groups in total. The van der Waals surface area contributed by atoms with E-state index < -0.39 is 30.6 Å². The zero-order valence-corrected chi connectivity index (χ0v) is 16.9. The third-order valence-corrected chi connectivity index (χ3v) is 4.24. The van der Waals surface area contributed by atoms with Crippen LogP contribution < -0.4 is 21.3 Å². The van der Waals surface area contributed by atoms with Gasteiger partial charge in [-0.05, 0) is 42.0 Å². The van der Waals surface area contributed by atoms with Crippen molar-refractivity contribution in [2.24, 2.45) is 5.73 Å². The van der Waals surface area contributed by atoms with Gasteiger partial charge in [-0.2, -0.15) is 0 Å². The number of benzene rings is 2. The first-order valence-corrected chi connectivity index (χ1v) is 9.16. The van der Waals surface area contributed by atoms with E-state index >= 15 is 0 Å². The maximum atomic E-state index is 12.1. The Hall–Kier alpha value is -3.26. The van der Waals surface area contributed by atoms with Crippen molar-refractivity contribution in [2.75, 3.05) is 30.9 Å². The maximum absolute atomic E-state index is 12.1. The summed E-state index contributed by atoms with van der Waals surface area (Å²) in [5.41, 5.74) is 7.39. The molecule has 0 unspecified atom stereocenters. The molecule has 154 valence electrons. The number of ether oxygens (including phenoxy) is 1. The van der Waals surface area contributed by atoms with Crippen molar-refractivity contribution in [1.82, 2.24) is 5.32 Å². The van der Waals surface area contributed by atoms with Gasteiger partial charge in [0.25, 0.3) is 5.91 Å². The van der Waals surface area contributed by atoms with E-state index in [1.807, 2.05) is 31.1 Å². The molecular weight excluding hydrogens is 396 g/mol. The summed E-state index contributed by atoms with van der Waals surface area (Å²) in [7, 11) is 3.83. The molecule has 3 amide bonds. The molecule has 0 spiro atoms. The zero-order valence-electron chi connectivity index (χ0n) is 16.1. The number of nitrogens with one attached hydrogen (secondary N) is 2. The highest BCUT2D eigenvalue weighted by molar-refractivity contribution is 6.30. The fraction of sp³-hybridized carbons (Fsp3) is 0.250. The Kier molecular flexibility index (Phi) is 7.85. The van der Waals surface area contributed by atoms with E-state index in [1.54, 1.807) is 36.4 Å². The number of nitrogens with two attached hydrogens (primary N) is 1. The Labute approximate surface area is 174 Å². The highest BCUT2D eigenvalue weighted by Gasteiger charge is 2.19. The number of nitrogens with zero attached hydrogens (tertiary/aromatic N) is 1. The molecule has 1 atom stereocenters. The number of urea groups is 1. The monoisotopic (exact) mass is 418 g/mol. The van der Waals surface area contributed by atoms with E-state index in [0.717, 1.165) is 5.69 Å². The number of carbonyl (C=O) groups excluding carboxylic acids is 3. The summed E-state index contributed by atoms with van der Waals surface area (Å²) in [5, 5.41) is 5.64. The summed E-state index contributed by atoms with van der Waals surface area (Å²) in [5.74, 6) is -1.13. The van der Waals surface area contributed by atoms with Crippen molar-refractivity contribution < 1.29 is 19.1 Å². The van der Waals surface area contributed by atoms with Crippen LogP contribution >= 0.6 is 11.6 Å². The van der Waals surface area contributed by atoms with Gasteiger partial charge in [-0.3, -0.25) is 9.59 Å². The Morgan fingerprint density at radius 2 is 1.69 bits per heavy atom. The predicted octanol–water partition coefficient (Wildman–Crippen LogP) is 2.69. The maximum Gasteiger partial charge on any atom is 0.312 e. The predicted molar refractivity (Wildman–Crippen MR) is 112 cm³/mol. The van der Waals surface area contributed by atoms with Crippen LogP contribution in [0.2, 0.25) is 5.02 Å². The van der Waals surface area contributed by atoms with Crippen molar-refractivity contribution in [1.29, 1.82) is 0 Å². The number of hydrogen-bond donors (Lipinski definition) is 3. The molecule has 8 nitrogen and oxygen atoms in total. The standard InChI is InChI=1S/C20H23ClN4O4/c1-25(2)16-9-7-15(8-10-16)23-18(26)12-29-19(27)11-17(24-20(22)28)13-3-5-14(21)6-4-13/h3-10,17H,11-12H2,1-2H3,(H,23,26)(H3,22,24,28)/t17-/m1/s1. The van der Waals surface area contributed by atoms with Crippen molar-refractivity contribution >= 4 is 40.9 Å². The highest BCUT2D eigenvalue weighted by atomic mass is 35.5. The molecule has 0 aliphatic heterocycles. The second kappa shape index (κ2) is 10.3. The van der Waals surface area contributed by atoms with E-state index in [4.69, 9.17) is 22.1 Å². The normalized spacial score (nSPS) is 11.3. The first kappa shape index (κ1) is 22.0. The van der Waals surface area contributed by atoms with Crippen molar-refractivity contribution in [3.8, 4) is 0 Å². The molecule has 0 saturated heterocycles. The second-order valence-corrected chi connectivity index (χ2v) is 6.90. The fourth-order valence-corrected chi connectivity index (χ4v) is 2.66. The lowest BCUT2D eigenvalue weighted by atomic mass is 10.0. The minimum Gasteiger partial charge on any atom is -0.455 e. The van der Waals surface area contributed by atoms with Gasteiger partial charge in [0.2, 0.25) is 0 Å². The molecule has 2 rings (SSSR count). The van der Waals surface area contributed by atoms with Gasteiger partial charge < -0.3 is 26.0 Å². The number of halogens is 1. The first-order chi connectivity index (χ1) is 13.7. The smallest absolute Gasteiger partial charge is 0.312 e. The van der Waals surface area contributed by atoms with Crippen molar-refractivity contribution in [3.63, 3.8) is 0 Å². The minimum absolute atomic E-state index is 0.185. The summed E-state index contributed by atoms with van der Waals surface area (Å²) < 4.78 is 5.02. The molecule has 9 heteroatoms. The molecule has 0 aromatic heterocycles. The summed E-state index contributed by atoms with van der Waals surface area (Å²) in [4.78, 5) is 37.3. The van der Waals surface area contributed by atoms with Crippen LogP contribution in [0.1, 0.15) is 18.0 Å². The first-order valence-electron chi connectivity index (χ1n) is 8.79. The van der Waals surface area contributed by atoms with E-state index in [-0.39, 0.29) is 6.42 Å². The molecular formula is C20H23ClN4O4. The summed E-state index contributed by atoms with van der Waals surface area (Å²) in [6.45, 7) is -0.446. The number of hydrogen-bond acceptors (Lipinski definition) is 5.